The van der Waals surface area contributed by atoms with Gasteiger partial charge in [-0.2, -0.15) is 0 Å². The van der Waals surface area contributed by atoms with Crippen LogP contribution in [0.5, 0.6) is 0 Å². The van der Waals surface area contributed by atoms with Crippen molar-refractivity contribution in [3.05, 3.63) is 35.6 Å². The highest BCUT2D eigenvalue weighted by molar-refractivity contribution is 5.82. The lowest BCUT2D eigenvalue weighted by atomic mass is 10.1. The van der Waals surface area contributed by atoms with Crippen LogP contribution in [0.4, 0.5) is 0 Å². The van der Waals surface area contributed by atoms with E-state index in [0.29, 0.717) is 0 Å². The molecule has 0 radical (unpaired) electrons. The highest BCUT2D eigenvalue weighted by Crippen LogP contribution is 2.30. The van der Waals surface area contributed by atoms with E-state index in [0.717, 1.165) is 50.4 Å². The van der Waals surface area contributed by atoms with Crippen LogP contribution in [0, 0.1) is 0 Å². The van der Waals surface area contributed by atoms with E-state index >= 15 is 0 Å². The second-order valence-corrected chi connectivity index (χ2v) is 5.44. The molecule has 0 aliphatic heterocycles. The highest BCUT2D eigenvalue weighted by atomic mass is 16.5. The molecule has 21 heavy (non-hydrogen) atoms. The zero-order chi connectivity index (χ0) is 15.1. The first-order valence-corrected chi connectivity index (χ1v) is 8.09. The molecule has 2 aromatic rings. The molecular weight excluding hydrogens is 262 g/mol. The molecule has 2 rings (SSSR count). The Morgan fingerprint density at radius 3 is 2.76 bits per heavy atom. The van der Waals surface area contributed by atoms with Crippen LogP contribution in [0.1, 0.15) is 51.0 Å². The van der Waals surface area contributed by atoms with Gasteiger partial charge in [-0.3, -0.25) is 0 Å². The standard InChI is InChI=1S/C18H27NO2/c1-4-12-20-13-8-11-19-14(3)18-15(5-2)16-9-6-7-10-17(16)21-18/h6-7,9-10,14,19H,4-5,8,11-13H2,1-3H3. The molecule has 0 saturated carbocycles. The van der Waals surface area contributed by atoms with E-state index in [4.69, 9.17) is 9.15 Å². The van der Waals surface area contributed by atoms with Crippen molar-refractivity contribution in [2.24, 2.45) is 0 Å². The minimum Gasteiger partial charge on any atom is -0.459 e. The molecule has 0 bridgehead atoms. The summed E-state index contributed by atoms with van der Waals surface area (Å²) in [6.07, 6.45) is 3.12. The molecule has 3 nitrogen and oxygen atoms in total. The van der Waals surface area contributed by atoms with Crippen molar-refractivity contribution in [3.63, 3.8) is 0 Å². The maximum absolute atomic E-state index is 6.05. The van der Waals surface area contributed by atoms with Crippen molar-refractivity contribution >= 4 is 11.0 Å². The summed E-state index contributed by atoms with van der Waals surface area (Å²) in [5, 5.41) is 4.78. The van der Waals surface area contributed by atoms with Crippen LogP contribution in [0.2, 0.25) is 0 Å². The largest absolute Gasteiger partial charge is 0.459 e. The Kier molecular flexibility index (Phi) is 6.27. The van der Waals surface area contributed by atoms with Crippen molar-refractivity contribution in [1.82, 2.24) is 5.32 Å². The van der Waals surface area contributed by atoms with Crippen molar-refractivity contribution in [2.45, 2.75) is 46.1 Å². The topological polar surface area (TPSA) is 34.4 Å². The lowest BCUT2D eigenvalue weighted by Gasteiger charge is -2.13. The summed E-state index contributed by atoms with van der Waals surface area (Å²) < 4.78 is 11.6. The summed E-state index contributed by atoms with van der Waals surface area (Å²) >= 11 is 0. The van der Waals surface area contributed by atoms with Crippen LogP contribution in [0.25, 0.3) is 11.0 Å². The number of hydrogen-bond donors (Lipinski definition) is 1. The van der Waals surface area contributed by atoms with Gasteiger partial charge in [0.1, 0.15) is 11.3 Å². The first-order chi connectivity index (χ1) is 10.3. The van der Waals surface area contributed by atoms with E-state index in [1.54, 1.807) is 0 Å². The second-order valence-electron chi connectivity index (χ2n) is 5.44. The van der Waals surface area contributed by atoms with Crippen LogP contribution in [0.15, 0.2) is 28.7 Å². The molecule has 0 aliphatic rings. The fraction of sp³-hybridized carbons (Fsp3) is 0.556. The first kappa shape index (κ1) is 16.1. The summed E-state index contributed by atoms with van der Waals surface area (Å²) in [7, 11) is 0. The molecular formula is C18H27NO2. The minimum atomic E-state index is 0.235. The van der Waals surface area contributed by atoms with Crippen molar-refractivity contribution in [2.75, 3.05) is 19.8 Å². The van der Waals surface area contributed by atoms with Crippen LogP contribution in [-0.2, 0) is 11.2 Å². The third kappa shape index (κ3) is 4.08. The molecule has 1 unspecified atom stereocenters. The number of furan rings is 1. The normalized spacial score (nSPS) is 12.9. The highest BCUT2D eigenvalue weighted by Gasteiger charge is 2.17. The van der Waals surface area contributed by atoms with Crippen molar-refractivity contribution in [1.29, 1.82) is 0 Å². The average molecular weight is 289 g/mol. The molecule has 3 heteroatoms. The van der Waals surface area contributed by atoms with E-state index < -0.39 is 0 Å². The van der Waals surface area contributed by atoms with Gasteiger partial charge in [-0.15, -0.1) is 0 Å². The third-order valence-electron chi connectivity index (χ3n) is 3.74. The van der Waals surface area contributed by atoms with E-state index in [1.807, 2.05) is 12.1 Å². The summed E-state index contributed by atoms with van der Waals surface area (Å²) in [6, 6.07) is 8.52. The number of para-hydroxylation sites is 1. The summed E-state index contributed by atoms with van der Waals surface area (Å²) in [5.41, 5.74) is 2.32. The van der Waals surface area contributed by atoms with Crippen molar-refractivity contribution < 1.29 is 9.15 Å². The Morgan fingerprint density at radius 2 is 2.00 bits per heavy atom. The zero-order valence-corrected chi connectivity index (χ0v) is 13.4. The van der Waals surface area contributed by atoms with Gasteiger partial charge in [0.05, 0.1) is 6.04 Å². The fourth-order valence-corrected chi connectivity index (χ4v) is 2.66. The quantitative estimate of drug-likeness (QED) is 0.692. The van der Waals surface area contributed by atoms with Gasteiger partial charge in [-0.25, -0.2) is 0 Å². The van der Waals surface area contributed by atoms with Gasteiger partial charge >= 0.3 is 0 Å². The molecule has 1 atom stereocenters. The summed E-state index contributed by atoms with van der Waals surface area (Å²) in [4.78, 5) is 0. The van der Waals surface area contributed by atoms with Crippen LogP contribution in [0.3, 0.4) is 0 Å². The first-order valence-electron chi connectivity index (χ1n) is 8.09. The van der Waals surface area contributed by atoms with E-state index in [-0.39, 0.29) is 6.04 Å². The Labute approximate surface area is 127 Å². The third-order valence-corrected chi connectivity index (χ3v) is 3.74. The monoisotopic (exact) mass is 289 g/mol. The maximum atomic E-state index is 6.05. The Morgan fingerprint density at radius 1 is 1.19 bits per heavy atom. The van der Waals surface area contributed by atoms with Crippen LogP contribution in [-0.4, -0.2) is 19.8 Å². The molecule has 1 heterocycles. The second kappa shape index (κ2) is 8.20. The maximum Gasteiger partial charge on any atom is 0.134 e. The van der Waals surface area contributed by atoms with Gasteiger partial charge in [0, 0.05) is 24.2 Å². The minimum absolute atomic E-state index is 0.235. The Bertz CT molecular complexity index is 547. The molecule has 116 valence electrons. The predicted octanol–water partition coefficient (Wildman–Crippen LogP) is 4.46. The van der Waals surface area contributed by atoms with Gasteiger partial charge < -0.3 is 14.5 Å². The zero-order valence-electron chi connectivity index (χ0n) is 13.4. The number of ether oxygens (including phenoxy) is 1. The van der Waals surface area contributed by atoms with E-state index in [9.17, 15) is 0 Å². The van der Waals surface area contributed by atoms with E-state index in [1.165, 1.54) is 10.9 Å². The average Bonchev–Trinajstić information content (AvgIpc) is 2.89. The lowest BCUT2D eigenvalue weighted by molar-refractivity contribution is 0.131. The molecule has 1 N–H and O–H groups in total. The predicted molar refractivity (Wildman–Crippen MR) is 87.7 cm³/mol. The van der Waals surface area contributed by atoms with Gasteiger partial charge in [0.2, 0.25) is 0 Å². The SMILES string of the molecule is CCCOCCCNC(C)c1oc2ccccc2c1CC. The van der Waals surface area contributed by atoms with E-state index in [2.05, 4.69) is 38.2 Å². The summed E-state index contributed by atoms with van der Waals surface area (Å²) in [6.45, 7) is 9.13. The van der Waals surface area contributed by atoms with Crippen molar-refractivity contribution in [3.8, 4) is 0 Å². The number of benzene rings is 1. The lowest BCUT2D eigenvalue weighted by Crippen LogP contribution is -2.21. The smallest absolute Gasteiger partial charge is 0.134 e. The number of fused-ring (bicyclic) bond motifs is 1. The molecule has 0 amide bonds. The Balaban J connectivity index is 1.94. The number of nitrogens with one attached hydrogen (secondary N) is 1. The number of aryl methyl sites for hydroxylation is 1. The molecule has 0 aliphatic carbocycles. The van der Waals surface area contributed by atoms with Gasteiger partial charge in [0.25, 0.3) is 0 Å². The Hall–Kier alpha value is -1.32. The molecule has 0 spiro atoms. The summed E-state index contributed by atoms with van der Waals surface area (Å²) in [5.74, 6) is 1.08. The van der Waals surface area contributed by atoms with Gasteiger partial charge in [-0.05, 0) is 38.8 Å². The van der Waals surface area contributed by atoms with Crippen LogP contribution < -0.4 is 5.32 Å². The molecule has 0 saturated heterocycles. The van der Waals surface area contributed by atoms with Gasteiger partial charge in [0.15, 0.2) is 0 Å². The number of hydrogen-bond acceptors (Lipinski definition) is 3. The van der Waals surface area contributed by atoms with Crippen LogP contribution >= 0.6 is 0 Å². The number of rotatable bonds is 9. The molecule has 1 aromatic heterocycles. The van der Waals surface area contributed by atoms with Gasteiger partial charge in [-0.1, -0.05) is 32.0 Å². The molecule has 0 fully saturated rings. The fourth-order valence-electron chi connectivity index (χ4n) is 2.66. The molecule has 1 aromatic carbocycles.